The Hall–Kier alpha value is -4.33. The second kappa shape index (κ2) is 12.5. The van der Waals surface area contributed by atoms with Crippen LogP contribution in [0.5, 0.6) is 0 Å². The number of aromatic nitrogens is 5. The number of ether oxygens (including phenoxy) is 1. The molecule has 2 aliphatic rings. The van der Waals surface area contributed by atoms with E-state index in [9.17, 15) is 9.59 Å². The summed E-state index contributed by atoms with van der Waals surface area (Å²) in [5, 5.41) is 16.8. The Morgan fingerprint density at radius 2 is 1.79 bits per heavy atom. The maximum absolute atomic E-state index is 13.0. The smallest absolute Gasteiger partial charge is 0.273 e. The van der Waals surface area contributed by atoms with Gasteiger partial charge in [0.05, 0.1) is 42.0 Å². The molecule has 4 heterocycles. The van der Waals surface area contributed by atoms with Gasteiger partial charge in [-0.25, -0.2) is 9.36 Å². The highest BCUT2D eigenvalue weighted by atomic mass is 16.5. The van der Waals surface area contributed by atoms with Crippen molar-refractivity contribution in [1.29, 1.82) is 0 Å². The number of nitrogens with two attached hydrogens (primary N) is 1. The summed E-state index contributed by atoms with van der Waals surface area (Å²) in [6.45, 7) is 9.81. The Labute approximate surface area is 250 Å². The fourth-order valence-electron chi connectivity index (χ4n) is 5.64. The third-order valence-corrected chi connectivity index (χ3v) is 8.20. The van der Waals surface area contributed by atoms with Crippen molar-refractivity contribution >= 4 is 28.4 Å². The average Bonchev–Trinajstić information content (AvgIpc) is 3.67. The number of piperazine rings is 1. The van der Waals surface area contributed by atoms with Crippen LogP contribution in [0.4, 0.5) is 5.69 Å². The molecule has 0 bridgehead atoms. The molecule has 2 aliphatic heterocycles. The van der Waals surface area contributed by atoms with E-state index in [1.54, 1.807) is 15.6 Å². The summed E-state index contributed by atoms with van der Waals surface area (Å²) < 4.78 is 8.77. The number of hydrogen-bond acceptors (Lipinski definition) is 9. The van der Waals surface area contributed by atoms with Crippen molar-refractivity contribution in [3.8, 4) is 11.4 Å². The number of benzene rings is 2. The number of anilines is 1. The molecule has 1 unspecified atom stereocenters. The van der Waals surface area contributed by atoms with Crippen LogP contribution in [-0.4, -0.2) is 119 Å². The van der Waals surface area contributed by atoms with E-state index < -0.39 is 5.91 Å². The largest absolute Gasteiger partial charge is 0.379 e. The van der Waals surface area contributed by atoms with Gasteiger partial charge in [-0.1, -0.05) is 23.4 Å². The molecule has 0 saturated carbocycles. The minimum atomic E-state index is -0.585. The van der Waals surface area contributed by atoms with E-state index in [2.05, 4.69) is 42.5 Å². The molecule has 2 amide bonds. The molecule has 3 N–H and O–H groups in total. The summed E-state index contributed by atoms with van der Waals surface area (Å²) >= 11 is 0. The van der Waals surface area contributed by atoms with Gasteiger partial charge in [-0.15, -0.1) is 5.10 Å². The summed E-state index contributed by atoms with van der Waals surface area (Å²) in [5.41, 5.74) is 9.41. The summed E-state index contributed by atoms with van der Waals surface area (Å²) in [6, 6.07) is 13.5. The van der Waals surface area contributed by atoms with Gasteiger partial charge in [0, 0.05) is 57.2 Å². The first kappa shape index (κ1) is 28.8. The summed E-state index contributed by atoms with van der Waals surface area (Å²) in [5.74, 6) is -0.850. The Kier molecular flexibility index (Phi) is 8.36. The third kappa shape index (κ3) is 6.24. The van der Waals surface area contributed by atoms with E-state index in [4.69, 9.17) is 10.5 Å². The van der Waals surface area contributed by atoms with Crippen LogP contribution in [0.25, 0.3) is 22.3 Å². The molecule has 0 aliphatic carbocycles. The summed E-state index contributed by atoms with van der Waals surface area (Å²) in [6.07, 6.45) is 2.47. The van der Waals surface area contributed by atoms with E-state index in [-0.39, 0.29) is 23.3 Å². The number of primary amides is 1. The molecular weight excluding hydrogens is 548 g/mol. The normalized spacial score (nSPS) is 17.3. The fraction of sp³-hybridized carbons (Fsp3) is 0.433. The van der Waals surface area contributed by atoms with E-state index in [0.29, 0.717) is 11.1 Å². The number of likely N-dealkylation sites (N-methyl/N-ethyl adjacent to an activating group) is 1. The number of amides is 2. The molecule has 13 nitrogen and oxygen atoms in total. The van der Waals surface area contributed by atoms with Crippen molar-refractivity contribution in [3.05, 3.63) is 60.0 Å². The minimum Gasteiger partial charge on any atom is -0.379 e. The topological polar surface area (TPSA) is 140 Å². The lowest BCUT2D eigenvalue weighted by atomic mass is 10.1. The van der Waals surface area contributed by atoms with Crippen molar-refractivity contribution in [3.63, 3.8) is 0 Å². The number of nitrogens with one attached hydrogen (secondary N) is 1. The first-order valence-corrected chi connectivity index (χ1v) is 14.8. The second-order valence-corrected chi connectivity index (χ2v) is 11.3. The van der Waals surface area contributed by atoms with Gasteiger partial charge in [0.25, 0.3) is 11.8 Å². The van der Waals surface area contributed by atoms with E-state index in [1.807, 2.05) is 49.4 Å². The summed E-state index contributed by atoms with van der Waals surface area (Å²) in [7, 11) is 2.12. The van der Waals surface area contributed by atoms with Gasteiger partial charge < -0.3 is 25.6 Å². The van der Waals surface area contributed by atoms with Crippen molar-refractivity contribution in [2.24, 2.45) is 5.73 Å². The number of para-hydroxylation sites is 1. The molecule has 0 spiro atoms. The minimum absolute atomic E-state index is 0.0116. The van der Waals surface area contributed by atoms with Crippen LogP contribution < -0.4 is 16.0 Å². The van der Waals surface area contributed by atoms with Gasteiger partial charge in [-0.05, 0) is 44.7 Å². The van der Waals surface area contributed by atoms with Gasteiger partial charge in [-0.2, -0.15) is 5.10 Å². The monoisotopic (exact) mass is 586 g/mol. The molecular formula is C30H38N10O3. The SMILES string of the molecule is CC(CCN1CCOCC1)NC(=O)c1cn(-c2ccc(N3CCN(C)CC3)c(-n3nc(C(N)=O)c4ccccc43)c2)nn1. The zero-order valence-electron chi connectivity index (χ0n) is 24.6. The molecule has 226 valence electrons. The highest BCUT2D eigenvalue weighted by Gasteiger charge is 2.23. The van der Waals surface area contributed by atoms with Crippen molar-refractivity contribution in [2.45, 2.75) is 19.4 Å². The fourth-order valence-corrected chi connectivity index (χ4v) is 5.64. The number of carbonyl (C=O) groups is 2. The molecule has 2 aromatic heterocycles. The van der Waals surface area contributed by atoms with Gasteiger partial charge in [-0.3, -0.25) is 14.5 Å². The standard InChI is InChI=1S/C30H38N10O3/c1-21(9-10-37-15-17-43-18-16-37)32-30(42)24-20-39(35-33-24)22-7-8-26(38-13-11-36(2)12-14-38)27(19-22)40-25-6-4-3-5-23(25)28(34-40)29(31)41/h3-8,19-21H,9-18H2,1-2H3,(H2,31,41)(H,32,42). The Morgan fingerprint density at radius 3 is 2.56 bits per heavy atom. The molecule has 6 rings (SSSR count). The maximum Gasteiger partial charge on any atom is 0.273 e. The van der Waals surface area contributed by atoms with Crippen LogP contribution in [0, 0.1) is 0 Å². The first-order chi connectivity index (χ1) is 20.9. The molecule has 43 heavy (non-hydrogen) atoms. The quantitative estimate of drug-likeness (QED) is 0.297. The van der Waals surface area contributed by atoms with Crippen LogP contribution in [-0.2, 0) is 4.74 Å². The van der Waals surface area contributed by atoms with Crippen LogP contribution in [0.2, 0.25) is 0 Å². The van der Waals surface area contributed by atoms with E-state index in [1.165, 1.54) is 0 Å². The molecule has 13 heteroatoms. The number of fused-ring (bicyclic) bond motifs is 1. The Morgan fingerprint density at radius 1 is 1.02 bits per heavy atom. The van der Waals surface area contributed by atoms with Crippen LogP contribution >= 0.6 is 0 Å². The number of rotatable bonds is 9. The predicted octanol–water partition coefficient (Wildman–Crippen LogP) is 1.30. The molecule has 4 aromatic rings. The van der Waals surface area contributed by atoms with Gasteiger partial charge in [0.2, 0.25) is 0 Å². The zero-order valence-corrected chi connectivity index (χ0v) is 24.6. The van der Waals surface area contributed by atoms with E-state index >= 15 is 0 Å². The lowest BCUT2D eigenvalue weighted by Crippen LogP contribution is -2.44. The molecule has 1 atom stereocenters. The molecule has 2 saturated heterocycles. The highest BCUT2D eigenvalue weighted by Crippen LogP contribution is 2.31. The van der Waals surface area contributed by atoms with Crippen LogP contribution in [0.3, 0.4) is 0 Å². The van der Waals surface area contributed by atoms with Crippen molar-refractivity contribution in [1.82, 2.24) is 39.9 Å². The number of hydrogen-bond donors (Lipinski definition) is 2. The molecule has 2 fully saturated rings. The van der Waals surface area contributed by atoms with Gasteiger partial charge >= 0.3 is 0 Å². The highest BCUT2D eigenvalue weighted by molar-refractivity contribution is 6.04. The second-order valence-electron chi connectivity index (χ2n) is 11.3. The maximum atomic E-state index is 13.0. The molecule has 2 aromatic carbocycles. The van der Waals surface area contributed by atoms with Crippen molar-refractivity contribution < 1.29 is 14.3 Å². The van der Waals surface area contributed by atoms with Crippen LogP contribution in [0.1, 0.15) is 34.3 Å². The number of nitrogens with zero attached hydrogens (tertiary/aromatic N) is 8. The molecule has 0 radical (unpaired) electrons. The third-order valence-electron chi connectivity index (χ3n) is 8.20. The first-order valence-electron chi connectivity index (χ1n) is 14.8. The summed E-state index contributed by atoms with van der Waals surface area (Å²) in [4.78, 5) is 32.3. The number of carbonyl (C=O) groups excluding carboxylic acids is 2. The zero-order chi connectivity index (χ0) is 29.9. The Balaban J connectivity index is 1.28. The van der Waals surface area contributed by atoms with Crippen molar-refractivity contribution in [2.75, 3.05) is 71.0 Å². The lowest BCUT2D eigenvalue weighted by Gasteiger charge is -2.35. The van der Waals surface area contributed by atoms with Gasteiger partial charge in [0.1, 0.15) is 0 Å². The number of morpholine rings is 1. The lowest BCUT2D eigenvalue weighted by molar-refractivity contribution is 0.0363. The van der Waals surface area contributed by atoms with Crippen LogP contribution in [0.15, 0.2) is 48.7 Å². The van der Waals surface area contributed by atoms with Gasteiger partial charge in [0.15, 0.2) is 11.4 Å². The average molecular weight is 587 g/mol. The van der Waals surface area contributed by atoms with E-state index in [0.717, 1.165) is 82.3 Å². The Bertz CT molecular complexity index is 1600. The predicted molar refractivity (Wildman–Crippen MR) is 163 cm³/mol.